The maximum absolute atomic E-state index is 6.10. The minimum Gasteiger partial charge on any atom is -0.387 e. The third-order valence-electron chi connectivity index (χ3n) is 4.04. The molecule has 0 amide bonds. The van der Waals surface area contributed by atoms with Gasteiger partial charge in [-0.15, -0.1) is 0 Å². The van der Waals surface area contributed by atoms with Crippen LogP contribution in [0.3, 0.4) is 0 Å². The van der Waals surface area contributed by atoms with Crippen LogP contribution in [0.1, 0.15) is 38.5 Å². The lowest BCUT2D eigenvalue weighted by molar-refractivity contribution is 0.396. The molecule has 2 rings (SSSR count). The van der Waals surface area contributed by atoms with Gasteiger partial charge in [0.2, 0.25) is 0 Å². The van der Waals surface area contributed by atoms with Gasteiger partial charge in [0.05, 0.1) is 5.84 Å². The van der Waals surface area contributed by atoms with Gasteiger partial charge in [-0.25, -0.2) is 0 Å². The summed E-state index contributed by atoms with van der Waals surface area (Å²) in [7, 11) is 2.19. The van der Waals surface area contributed by atoms with Gasteiger partial charge >= 0.3 is 0 Å². The molecule has 0 spiro atoms. The number of likely N-dealkylation sites (tertiary alicyclic amines) is 1. The summed E-state index contributed by atoms with van der Waals surface area (Å²) in [4.78, 5) is 7.02. The number of aliphatic imine (C=N–C) groups is 1. The van der Waals surface area contributed by atoms with Crippen molar-refractivity contribution >= 4 is 5.84 Å². The summed E-state index contributed by atoms with van der Waals surface area (Å²) >= 11 is 0. The third kappa shape index (κ3) is 3.21. The summed E-state index contributed by atoms with van der Waals surface area (Å²) in [5.41, 5.74) is 6.10. The molecule has 1 saturated carbocycles. The molecule has 1 aliphatic heterocycles. The highest BCUT2D eigenvalue weighted by molar-refractivity contribution is 5.82. The van der Waals surface area contributed by atoms with Crippen LogP contribution in [-0.2, 0) is 0 Å². The largest absolute Gasteiger partial charge is 0.387 e. The van der Waals surface area contributed by atoms with E-state index in [1.807, 2.05) is 0 Å². The molecular weight excluding hydrogens is 198 g/mol. The lowest BCUT2D eigenvalue weighted by Gasteiger charge is -2.21. The van der Waals surface area contributed by atoms with E-state index in [9.17, 15) is 0 Å². The molecule has 0 bridgehead atoms. The molecule has 0 aromatic carbocycles. The first-order valence-corrected chi connectivity index (χ1v) is 6.74. The van der Waals surface area contributed by atoms with Gasteiger partial charge in [-0.05, 0) is 38.8 Å². The highest BCUT2D eigenvalue weighted by Gasteiger charge is 2.20. The van der Waals surface area contributed by atoms with Crippen molar-refractivity contribution in [2.24, 2.45) is 22.6 Å². The zero-order valence-electron chi connectivity index (χ0n) is 10.5. The summed E-state index contributed by atoms with van der Waals surface area (Å²) in [5, 5.41) is 0. The van der Waals surface area contributed by atoms with Crippen molar-refractivity contribution in [3.8, 4) is 0 Å². The van der Waals surface area contributed by atoms with Crippen LogP contribution in [-0.4, -0.2) is 37.4 Å². The van der Waals surface area contributed by atoms with Crippen molar-refractivity contribution in [2.75, 3.05) is 26.7 Å². The Bertz CT molecular complexity index is 244. The molecule has 2 fully saturated rings. The van der Waals surface area contributed by atoms with E-state index in [-0.39, 0.29) is 0 Å². The molecular formula is C13H25N3. The molecule has 92 valence electrons. The van der Waals surface area contributed by atoms with Crippen LogP contribution in [0, 0.1) is 11.8 Å². The van der Waals surface area contributed by atoms with Crippen LogP contribution in [0.25, 0.3) is 0 Å². The average Bonchev–Trinajstić information content (AvgIpc) is 2.73. The minimum absolute atomic E-state index is 0.591. The minimum atomic E-state index is 0.591. The molecule has 2 aliphatic rings. The number of rotatable bonds is 3. The van der Waals surface area contributed by atoms with Gasteiger partial charge in [-0.3, -0.25) is 4.99 Å². The van der Waals surface area contributed by atoms with Crippen molar-refractivity contribution in [1.82, 2.24) is 4.90 Å². The molecule has 1 heterocycles. The zero-order valence-corrected chi connectivity index (χ0v) is 10.5. The van der Waals surface area contributed by atoms with Crippen LogP contribution >= 0.6 is 0 Å². The van der Waals surface area contributed by atoms with Crippen LogP contribution in [0.15, 0.2) is 4.99 Å². The van der Waals surface area contributed by atoms with E-state index in [1.165, 1.54) is 51.6 Å². The molecule has 0 radical (unpaired) electrons. The fraction of sp³-hybridized carbons (Fsp3) is 0.923. The number of amidine groups is 1. The van der Waals surface area contributed by atoms with E-state index in [2.05, 4.69) is 16.9 Å². The van der Waals surface area contributed by atoms with Crippen LogP contribution in [0.4, 0.5) is 0 Å². The van der Waals surface area contributed by atoms with E-state index in [1.54, 1.807) is 0 Å². The Labute approximate surface area is 99.1 Å². The van der Waals surface area contributed by atoms with Crippen molar-refractivity contribution in [2.45, 2.75) is 38.5 Å². The van der Waals surface area contributed by atoms with Crippen LogP contribution < -0.4 is 5.73 Å². The predicted molar refractivity (Wildman–Crippen MR) is 68.7 cm³/mol. The summed E-state index contributed by atoms with van der Waals surface area (Å²) in [6, 6.07) is 0. The van der Waals surface area contributed by atoms with Crippen LogP contribution in [0.2, 0.25) is 0 Å². The number of nitrogens with two attached hydrogens (primary N) is 1. The van der Waals surface area contributed by atoms with Crippen molar-refractivity contribution < 1.29 is 0 Å². The molecule has 2 N–H and O–H groups in total. The van der Waals surface area contributed by atoms with Gasteiger partial charge in [0.1, 0.15) is 0 Å². The molecule has 3 nitrogen and oxygen atoms in total. The SMILES string of the molecule is CN1CCC(CN=C(N)C2CCCCC2)C1. The highest BCUT2D eigenvalue weighted by atomic mass is 15.1. The van der Waals surface area contributed by atoms with E-state index >= 15 is 0 Å². The topological polar surface area (TPSA) is 41.6 Å². The van der Waals surface area contributed by atoms with E-state index in [0.717, 1.165) is 18.3 Å². The first-order chi connectivity index (χ1) is 7.75. The summed E-state index contributed by atoms with van der Waals surface area (Å²) in [5.74, 6) is 2.27. The fourth-order valence-electron chi connectivity index (χ4n) is 2.94. The highest BCUT2D eigenvalue weighted by Crippen LogP contribution is 2.24. The monoisotopic (exact) mass is 223 g/mol. The van der Waals surface area contributed by atoms with Gasteiger partial charge in [0, 0.05) is 19.0 Å². The van der Waals surface area contributed by atoms with Crippen LogP contribution in [0.5, 0.6) is 0 Å². The first kappa shape index (κ1) is 11.9. The number of nitrogens with zero attached hydrogens (tertiary/aromatic N) is 2. The van der Waals surface area contributed by atoms with Gasteiger partial charge in [0.15, 0.2) is 0 Å². The summed E-state index contributed by atoms with van der Waals surface area (Å²) in [6.45, 7) is 3.37. The Morgan fingerprint density at radius 1 is 1.25 bits per heavy atom. The normalized spacial score (nSPS) is 29.8. The van der Waals surface area contributed by atoms with E-state index < -0.39 is 0 Å². The second-order valence-electron chi connectivity index (χ2n) is 5.52. The van der Waals surface area contributed by atoms with E-state index in [4.69, 9.17) is 5.73 Å². The Kier molecular flexibility index (Phi) is 4.22. The number of hydrogen-bond acceptors (Lipinski definition) is 2. The quantitative estimate of drug-likeness (QED) is 0.586. The second-order valence-corrected chi connectivity index (χ2v) is 5.52. The van der Waals surface area contributed by atoms with Crippen molar-refractivity contribution in [1.29, 1.82) is 0 Å². The molecule has 16 heavy (non-hydrogen) atoms. The Morgan fingerprint density at radius 2 is 2.00 bits per heavy atom. The first-order valence-electron chi connectivity index (χ1n) is 6.74. The molecule has 1 saturated heterocycles. The van der Waals surface area contributed by atoms with Gasteiger partial charge in [0.25, 0.3) is 0 Å². The smallest absolute Gasteiger partial charge is 0.0968 e. The molecule has 1 atom stereocenters. The van der Waals surface area contributed by atoms with Gasteiger partial charge < -0.3 is 10.6 Å². The number of hydrogen-bond donors (Lipinski definition) is 1. The molecule has 3 heteroatoms. The average molecular weight is 223 g/mol. The Hall–Kier alpha value is -0.570. The lowest BCUT2D eigenvalue weighted by Crippen LogP contribution is -2.27. The van der Waals surface area contributed by atoms with Crippen molar-refractivity contribution in [3.05, 3.63) is 0 Å². The molecule has 1 unspecified atom stereocenters. The maximum Gasteiger partial charge on any atom is 0.0968 e. The Morgan fingerprint density at radius 3 is 2.62 bits per heavy atom. The zero-order chi connectivity index (χ0) is 11.4. The Balaban J connectivity index is 1.77. The summed E-state index contributed by atoms with van der Waals surface area (Å²) in [6.07, 6.45) is 7.88. The predicted octanol–water partition coefficient (Wildman–Crippen LogP) is 1.88. The third-order valence-corrected chi connectivity index (χ3v) is 4.04. The molecule has 0 aromatic rings. The molecule has 1 aliphatic carbocycles. The van der Waals surface area contributed by atoms with Gasteiger partial charge in [-0.1, -0.05) is 19.3 Å². The summed E-state index contributed by atoms with van der Waals surface area (Å²) < 4.78 is 0. The molecule has 0 aromatic heterocycles. The van der Waals surface area contributed by atoms with Gasteiger partial charge in [-0.2, -0.15) is 0 Å². The van der Waals surface area contributed by atoms with Crippen molar-refractivity contribution in [3.63, 3.8) is 0 Å². The lowest BCUT2D eigenvalue weighted by atomic mass is 9.88. The second kappa shape index (κ2) is 5.67. The van der Waals surface area contributed by atoms with E-state index in [0.29, 0.717) is 5.92 Å². The fourth-order valence-corrected chi connectivity index (χ4v) is 2.94. The maximum atomic E-state index is 6.10. The standard InChI is InChI=1S/C13H25N3/c1-16-8-7-11(10-16)9-15-13(14)12-5-3-2-4-6-12/h11-12H,2-10H2,1H3,(H2,14,15).